The Morgan fingerprint density at radius 3 is 2.50 bits per heavy atom. The molecule has 0 aliphatic rings. The molecule has 0 unspecified atom stereocenters. The smallest absolute Gasteiger partial charge is 0.337 e. The van der Waals surface area contributed by atoms with E-state index < -0.39 is 11.2 Å². The Labute approximate surface area is 181 Å². The molecule has 2 aromatic carbocycles. The van der Waals surface area contributed by atoms with Crippen LogP contribution in [0.15, 0.2) is 64.4 Å². The van der Waals surface area contributed by atoms with Crippen LogP contribution in [0.25, 0.3) is 16.9 Å². The largest absolute Gasteiger partial charge is 0.383 e. The second kappa shape index (κ2) is 8.47. The van der Waals surface area contributed by atoms with Crippen LogP contribution in [0, 0.1) is 0 Å². The molecule has 0 saturated carbocycles. The first-order valence-corrected chi connectivity index (χ1v) is 9.96. The van der Waals surface area contributed by atoms with Crippen LogP contribution >= 0.6 is 23.2 Å². The molecule has 0 bridgehead atoms. The molecule has 0 spiro atoms. The van der Waals surface area contributed by atoms with E-state index in [1.165, 1.54) is 16.2 Å². The minimum Gasteiger partial charge on any atom is -0.383 e. The quantitative estimate of drug-likeness (QED) is 0.457. The van der Waals surface area contributed by atoms with Crippen LogP contribution in [0.1, 0.15) is 5.56 Å². The first-order chi connectivity index (χ1) is 14.5. The number of rotatable bonds is 6. The first-order valence-electron chi connectivity index (χ1n) is 9.20. The second-order valence-electron chi connectivity index (χ2n) is 6.70. The molecule has 0 N–H and O–H groups in total. The Balaban J connectivity index is 1.95. The first kappa shape index (κ1) is 20.4. The summed E-state index contributed by atoms with van der Waals surface area (Å²) in [6, 6.07) is 14.4. The predicted molar refractivity (Wildman–Crippen MR) is 117 cm³/mol. The Morgan fingerprint density at radius 1 is 1.03 bits per heavy atom. The zero-order valence-corrected chi connectivity index (χ0v) is 17.6. The number of aromatic nitrogens is 4. The summed E-state index contributed by atoms with van der Waals surface area (Å²) in [6.07, 6.45) is 1.55. The lowest BCUT2D eigenvalue weighted by Gasteiger charge is -2.12. The average Bonchev–Trinajstić information content (AvgIpc) is 3.15. The molecule has 0 amide bonds. The summed E-state index contributed by atoms with van der Waals surface area (Å²) in [5.41, 5.74) is 1.21. The summed E-state index contributed by atoms with van der Waals surface area (Å²) in [6.45, 7) is 0.713. The second-order valence-corrected chi connectivity index (χ2v) is 7.51. The SMILES string of the molecule is COCCn1c(=O)c2c(ncn2Cc2ccc(Cl)c(Cl)c2)n(-c2ccccc2)c1=O. The van der Waals surface area contributed by atoms with E-state index in [4.69, 9.17) is 27.9 Å². The molecule has 0 aliphatic heterocycles. The summed E-state index contributed by atoms with van der Waals surface area (Å²) in [5.74, 6) is 0. The van der Waals surface area contributed by atoms with E-state index in [0.29, 0.717) is 33.4 Å². The fourth-order valence-electron chi connectivity index (χ4n) is 3.32. The van der Waals surface area contributed by atoms with Gasteiger partial charge in [-0.15, -0.1) is 0 Å². The number of hydrogen-bond acceptors (Lipinski definition) is 4. The van der Waals surface area contributed by atoms with Gasteiger partial charge in [-0.2, -0.15) is 0 Å². The van der Waals surface area contributed by atoms with E-state index in [2.05, 4.69) is 4.98 Å². The summed E-state index contributed by atoms with van der Waals surface area (Å²) in [4.78, 5) is 30.8. The fourth-order valence-corrected chi connectivity index (χ4v) is 3.64. The topological polar surface area (TPSA) is 71.1 Å². The van der Waals surface area contributed by atoms with Gasteiger partial charge < -0.3 is 9.30 Å². The van der Waals surface area contributed by atoms with Gasteiger partial charge in [-0.05, 0) is 29.8 Å². The summed E-state index contributed by atoms with van der Waals surface area (Å²) < 4.78 is 9.41. The third-order valence-electron chi connectivity index (χ3n) is 4.77. The van der Waals surface area contributed by atoms with E-state index in [1.54, 1.807) is 35.2 Å². The number of fused-ring (bicyclic) bond motifs is 1. The minimum atomic E-state index is -0.462. The highest BCUT2D eigenvalue weighted by Crippen LogP contribution is 2.23. The lowest BCUT2D eigenvalue weighted by Crippen LogP contribution is -2.41. The molecule has 0 fully saturated rings. The maximum absolute atomic E-state index is 13.2. The van der Waals surface area contributed by atoms with Gasteiger partial charge in [0.15, 0.2) is 11.2 Å². The lowest BCUT2D eigenvalue weighted by atomic mass is 10.2. The van der Waals surface area contributed by atoms with Gasteiger partial charge in [0.25, 0.3) is 5.56 Å². The van der Waals surface area contributed by atoms with E-state index in [9.17, 15) is 9.59 Å². The van der Waals surface area contributed by atoms with Crippen LogP contribution in [0.2, 0.25) is 10.0 Å². The fraction of sp³-hybridized carbons (Fsp3) is 0.190. The van der Waals surface area contributed by atoms with E-state index in [1.807, 2.05) is 24.3 Å². The molecule has 7 nitrogen and oxygen atoms in total. The molecule has 2 heterocycles. The number of nitrogens with zero attached hydrogens (tertiary/aromatic N) is 4. The molecule has 0 aliphatic carbocycles. The van der Waals surface area contributed by atoms with Crippen LogP contribution in [-0.2, 0) is 17.8 Å². The number of methoxy groups -OCH3 is 1. The zero-order valence-electron chi connectivity index (χ0n) is 16.1. The van der Waals surface area contributed by atoms with Crippen molar-refractivity contribution in [3.8, 4) is 5.69 Å². The summed E-state index contributed by atoms with van der Waals surface area (Å²) in [5, 5.41) is 0.882. The van der Waals surface area contributed by atoms with Crippen LogP contribution in [0.5, 0.6) is 0 Å². The Bertz CT molecular complexity index is 1330. The number of benzene rings is 2. The van der Waals surface area contributed by atoms with Crippen molar-refractivity contribution < 1.29 is 4.74 Å². The molecule has 2 aromatic heterocycles. The van der Waals surface area contributed by atoms with Gasteiger partial charge in [0.05, 0.1) is 35.2 Å². The van der Waals surface area contributed by atoms with Crippen molar-refractivity contribution in [2.45, 2.75) is 13.1 Å². The number of imidazole rings is 1. The molecular weight excluding hydrogens is 427 g/mol. The summed E-state index contributed by atoms with van der Waals surface area (Å²) in [7, 11) is 1.52. The predicted octanol–water partition coefficient (Wildman–Crippen LogP) is 3.35. The van der Waals surface area contributed by atoms with Crippen molar-refractivity contribution in [1.82, 2.24) is 18.7 Å². The van der Waals surface area contributed by atoms with Crippen LogP contribution in [0.4, 0.5) is 0 Å². The van der Waals surface area contributed by atoms with Crippen LogP contribution < -0.4 is 11.2 Å². The number of para-hydroxylation sites is 1. The van der Waals surface area contributed by atoms with Crippen LogP contribution in [0.3, 0.4) is 0 Å². The van der Waals surface area contributed by atoms with Gasteiger partial charge in [0.2, 0.25) is 0 Å². The van der Waals surface area contributed by atoms with E-state index in [0.717, 1.165) is 5.56 Å². The molecule has 4 rings (SSSR count). The maximum Gasteiger partial charge on any atom is 0.337 e. The molecule has 0 atom stereocenters. The van der Waals surface area contributed by atoms with Crippen LogP contribution in [-0.4, -0.2) is 32.4 Å². The van der Waals surface area contributed by atoms with E-state index in [-0.39, 0.29) is 13.2 Å². The van der Waals surface area contributed by atoms with Gasteiger partial charge in [0.1, 0.15) is 0 Å². The normalized spacial score (nSPS) is 11.3. The van der Waals surface area contributed by atoms with E-state index >= 15 is 0 Å². The van der Waals surface area contributed by atoms with Gasteiger partial charge in [0, 0.05) is 13.7 Å². The van der Waals surface area contributed by atoms with Gasteiger partial charge in [-0.3, -0.25) is 9.36 Å². The highest BCUT2D eigenvalue weighted by molar-refractivity contribution is 6.42. The van der Waals surface area contributed by atoms with Crippen molar-refractivity contribution in [2.24, 2.45) is 0 Å². The Kier molecular flexibility index (Phi) is 5.76. The summed E-state index contributed by atoms with van der Waals surface area (Å²) >= 11 is 12.1. The highest BCUT2D eigenvalue weighted by atomic mass is 35.5. The number of ether oxygens (including phenoxy) is 1. The molecule has 0 radical (unpaired) electrons. The Morgan fingerprint density at radius 2 is 1.80 bits per heavy atom. The molecule has 9 heteroatoms. The minimum absolute atomic E-state index is 0.134. The molecular formula is C21H18Cl2N4O3. The maximum atomic E-state index is 13.2. The monoisotopic (exact) mass is 444 g/mol. The van der Waals surface area contributed by atoms with Gasteiger partial charge in [-0.1, -0.05) is 47.5 Å². The molecule has 4 aromatic rings. The number of halogens is 2. The van der Waals surface area contributed by atoms with Crippen molar-refractivity contribution >= 4 is 34.4 Å². The molecule has 30 heavy (non-hydrogen) atoms. The Hall–Kier alpha value is -2.87. The average molecular weight is 445 g/mol. The standard InChI is InChI=1S/C21H18Cl2N4O3/c1-30-10-9-26-20(28)18-19(27(21(26)29)15-5-3-2-4-6-15)24-13-25(18)12-14-7-8-16(22)17(23)11-14/h2-8,11,13H,9-10,12H2,1H3. The van der Waals surface area contributed by atoms with Crippen molar-refractivity contribution in [1.29, 1.82) is 0 Å². The molecule has 0 saturated heterocycles. The third kappa shape index (κ3) is 3.67. The van der Waals surface area contributed by atoms with Crippen molar-refractivity contribution in [2.75, 3.05) is 13.7 Å². The van der Waals surface area contributed by atoms with Gasteiger partial charge >= 0.3 is 5.69 Å². The van der Waals surface area contributed by atoms with Crippen molar-refractivity contribution in [3.63, 3.8) is 0 Å². The lowest BCUT2D eigenvalue weighted by molar-refractivity contribution is 0.184. The zero-order chi connectivity index (χ0) is 21.3. The van der Waals surface area contributed by atoms with Crippen molar-refractivity contribution in [3.05, 3.63) is 91.3 Å². The van der Waals surface area contributed by atoms with Gasteiger partial charge in [-0.25, -0.2) is 14.3 Å². The molecule has 154 valence electrons. The number of hydrogen-bond donors (Lipinski definition) is 0. The highest BCUT2D eigenvalue weighted by Gasteiger charge is 2.19. The third-order valence-corrected chi connectivity index (χ3v) is 5.51.